The molecular formula is C17H27NO2. The van der Waals surface area contributed by atoms with Crippen LogP contribution in [0.4, 0.5) is 0 Å². The van der Waals surface area contributed by atoms with E-state index < -0.39 is 0 Å². The van der Waals surface area contributed by atoms with Crippen LogP contribution in [-0.4, -0.2) is 42.4 Å². The molecule has 1 aliphatic rings. The molecule has 1 aromatic rings. The molecule has 0 amide bonds. The number of hydrogen-bond donors (Lipinski definition) is 1. The Morgan fingerprint density at radius 1 is 1.15 bits per heavy atom. The van der Waals surface area contributed by atoms with Crippen LogP contribution >= 0.6 is 0 Å². The van der Waals surface area contributed by atoms with E-state index in [0.29, 0.717) is 12.7 Å². The van der Waals surface area contributed by atoms with E-state index in [1.807, 2.05) is 0 Å². The maximum Gasteiger partial charge on any atom is 0.0701 e. The summed E-state index contributed by atoms with van der Waals surface area (Å²) in [4.78, 5) is 2.52. The van der Waals surface area contributed by atoms with Gasteiger partial charge in [-0.05, 0) is 50.3 Å². The summed E-state index contributed by atoms with van der Waals surface area (Å²) in [5.74, 6) is 0. The summed E-state index contributed by atoms with van der Waals surface area (Å²) in [5.41, 5.74) is 5.63. The van der Waals surface area contributed by atoms with Crippen LogP contribution < -0.4 is 0 Å². The fraction of sp³-hybridized carbons (Fsp3) is 0.647. The molecule has 1 saturated heterocycles. The summed E-state index contributed by atoms with van der Waals surface area (Å²) in [7, 11) is 0. The molecule has 1 aliphatic heterocycles. The highest BCUT2D eigenvalue weighted by molar-refractivity contribution is 5.37. The molecule has 112 valence electrons. The Balaban J connectivity index is 1.90. The van der Waals surface area contributed by atoms with Crippen molar-refractivity contribution in [1.29, 1.82) is 0 Å². The third-order valence-electron chi connectivity index (χ3n) is 4.20. The molecule has 1 N–H and O–H groups in total. The number of nitrogens with zero attached hydrogens (tertiary/aromatic N) is 1. The molecule has 0 unspecified atom stereocenters. The van der Waals surface area contributed by atoms with Crippen LogP contribution in [0.2, 0.25) is 0 Å². The molecule has 0 radical (unpaired) electrons. The van der Waals surface area contributed by atoms with Gasteiger partial charge < -0.3 is 9.84 Å². The number of ether oxygens (including phenoxy) is 1. The molecule has 0 aliphatic carbocycles. The van der Waals surface area contributed by atoms with Gasteiger partial charge in [0.2, 0.25) is 0 Å². The molecule has 0 atom stereocenters. The lowest BCUT2D eigenvalue weighted by atomic mass is 9.98. The minimum Gasteiger partial charge on any atom is -0.394 e. The van der Waals surface area contributed by atoms with E-state index in [0.717, 1.165) is 32.5 Å². The number of benzene rings is 1. The monoisotopic (exact) mass is 277 g/mol. The van der Waals surface area contributed by atoms with Crippen LogP contribution in [0.3, 0.4) is 0 Å². The van der Waals surface area contributed by atoms with Crippen LogP contribution in [0, 0.1) is 20.8 Å². The molecular weight excluding hydrogens is 250 g/mol. The van der Waals surface area contributed by atoms with E-state index in [-0.39, 0.29) is 6.61 Å². The van der Waals surface area contributed by atoms with Crippen LogP contribution in [-0.2, 0) is 11.3 Å². The molecule has 20 heavy (non-hydrogen) atoms. The summed E-state index contributed by atoms with van der Waals surface area (Å²) in [5, 5.41) is 8.79. The van der Waals surface area contributed by atoms with Gasteiger partial charge in [-0.25, -0.2) is 0 Å². The highest BCUT2D eigenvalue weighted by atomic mass is 16.5. The van der Waals surface area contributed by atoms with E-state index in [9.17, 15) is 0 Å². The highest BCUT2D eigenvalue weighted by Crippen LogP contribution is 2.21. The van der Waals surface area contributed by atoms with Crippen LogP contribution in [0.25, 0.3) is 0 Å². The first-order chi connectivity index (χ1) is 9.60. The first-order valence-corrected chi connectivity index (χ1v) is 7.61. The molecule has 1 aromatic carbocycles. The Morgan fingerprint density at radius 2 is 1.75 bits per heavy atom. The number of piperidine rings is 1. The maximum atomic E-state index is 8.79. The Bertz CT molecular complexity index is 414. The predicted octanol–water partition coefficient (Wildman–Crippen LogP) is 2.59. The number of aliphatic hydroxyl groups is 1. The van der Waals surface area contributed by atoms with Gasteiger partial charge >= 0.3 is 0 Å². The Hall–Kier alpha value is -0.900. The molecule has 2 rings (SSSR count). The van der Waals surface area contributed by atoms with Gasteiger partial charge in [-0.2, -0.15) is 0 Å². The lowest BCUT2D eigenvalue weighted by molar-refractivity contribution is -0.00906. The lowest BCUT2D eigenvalue weighted by Gasteiger charge is -2.32. The van der Waals surface area contributed by atoms with Gasteiger partial charge in [0.15, 0.2) is 0 Å². The number of aliphatic hydroxyl groups excluding tert-OH is 1. The second kappa shape index (κ2) is 7.21. The first kappa shape index (κ1) is 15.5. The van der Waals surface area contributed by atoms with Crippen molar-refractivity contribution < 1.29 is 9.84 Å². The Kier molecular flexibility index (Phi) is 5.58. The number of rotatable bonds is 5. The van der Waals surface area contributed by atoms with Crippen molar-refractivity contribution in [2.75, 3.05) is 26.3 Å². The van der Waals surface area contributed by atoms with Crippen molar-refractivity contribution in [2.24, 2.45) is 0 Å². The van der Waals surface area contributed by atoms with E-state index in [2.05, 4.69) is 37.8 Å². The van der Waals surface area contributed by atoms with Gasteiger partial charge in [0.05, 0.1) is 19.3 Å². The van der Waals surface area contributed by atoms with Gasteiger partial charge in [0.25, 0.3) is 0 Å². The van der Waals surface area contributed by atoms with Crippen molar-refractivity contribution in [3.63, 3.8) is 0 Å². The quantitative estimate of drug-likeness (QED) is 0.898. The zero-order valence-electron chi connectivity index (χ0n) is 13.0. The molecule has 1 fully saturated rings. The molecule has 0 aromatic heterocycles. The summed E-state index contributed by atoms with van der Waals surface area (Å²) in [6, 6.07) is 4.55. The molecule has 1 heterocycles. The normalized spacial score (nSPS) is 17.6. The average Bonchev–Trinajstić information content (AvgIpc) is 2.42. The van der Waals surface area contributed by atoms with Gasteiger partial charge in [-0.15, -0.1) is 0 Å². The van der Waals surface area contributed by atoms with Gasteiger partial charge in [-0.1, -0.05) is 17.7 Å². The molecule has 3 heteroatoms. The van der Waals surface area contributed by atoms with Crippen molar-refractivity contribution in [2.45, 2.75) is 46.3 Å². The second-order valence-corrected chi connectivity index (χ2v) is 5.95. The molecule has 0 spiro atoms. The summed E-state index contributed by atoms with van der Waals surface area (Å²) in [6.07, 6.45) is 2.48. The third-order valence-corrected chi connectivity index (χ3v) is 4.20. The molecule has 0 bridgehead atoms. The van der Waals surface area contributed by atoms with Crippen molar-refractivity contribution in [3.8, 4) is 0 Å². The molecule has 0 saturated carbocycles. The number of aryl methyl sites for hydroxylation is 3. The topological polar surface area (TPSA) is 32.7 Å². The van der Waals surface area contributed by atoms with E-state index in [4.69, 9.17) is 9.84 Å². The summed E-state index contributed by atoms with van der Waals surface area (Å²) in [6.45, 7) is 10.4. The Morgan fingerprint density at radius 3 is 2.30 bits per heavy atom. The predicted molar refractivity (Wildman–Crippen MR) is 82.0 cm³/mol. The first-order valence-electron chi connectivity index (χ1n) is 7.61. The van der Waals surface area contributed by atoms with E-state index in [1.165, 1.54) is 22.3 Å². The zero-order valence-corrected chi connectivity index (χ0v) is 13.0. The van der Waals surface area contributed by atoms with Crippen molar-refractivity contribution in [1.82, 2.24) is 4.90 Å². The minimum atomic E-state index is 0.127. The van der Waals surface area contributed by atoms with Gasteiger partial charge in [0.1, 0.15) is 0 Å². The van der Waals surface area contributed by atoms with Gasteiger partial charge in [-0.3, -0.25) is 4.90 Å². The fourth-order valence-corrected chi connectivity index (χ4v) is 3.14. The van der Waals surface area contributed by atoms with Crippen LogP contribution in [0.15, 0.2) is 12.1 Å². The van der Waals surface area contributed by atoms with Crippen molar-refractivity contribution >= 4 is 0 Å². The fourth-order valence-electron chi connectivity index (χ4n) is 3.14. The minimum absolute atomic E-state index is 0.127. The van der Waals surface area contributed by atoms with E-state index >= 15 is 0 Å². The average molecular weight is 277 g/mol. The third kappa shape index (κ3) is 4.05. The number of hydrogen-bond acceptors (Lipinski definition) is 3. The van der Waals surface area contributed by atoms with Crippen molar-refractivity contribution in [3.05, 3.63) is 34.4 Å². The SMILES string of the molecule is Cc1cc(C)c(CN2CCC(OCCO)CC2)c(C)c1. The summed E-state index contributed by atoms with van der Waals surface area (Å²) >= 11 is 0. The van der Waals surface area contributed by atoms with Crippen LogP contribution in [0.1, 0.15) is 35.1 Å². The van der Waals surface area contributed by atoms with Gasteiger partial charge in [0, 0.05) is 19.6 Å². The lowest BCUT2D eigenvalue weighted by Crippen LogP contribution is -2.37. The molecule has 3 nitrogen and oxygen atoms in total. The second-order valence-electron chi connectivity index (χ2n) is 5.95. The number of likely N-dealkylation sites (tertiary alicyclic amines) is 1. The zero-order chi connectivity index (χ0) is 14.5. The largest absolute Gasteiger partial charge is 0.394 e. The van der Waals surface area contributed by atoms with Crippen LogP contribution in [0.5, 0.6) is 0 Å². The highest BCUT2D eigenvalue weighted by Gasteiger charge is 2.20. The summed E-state index contributed by atoms with van der Waals surface area (Å²) < 4.78 is 5.62. The smallest absolute Gasteiger partial charge is 0.0701 e. The maximum absolute atomic E-state index is 8.79. The Labute approximate surface area is 122 Å². The standard InChI is InChI=1S/C17H27NO2/c1-13-10-14(2)17(15(3)11-13)12-18-6-4-16(5-7-18)20-9-8-19/h10-11,16,19H,4-9,12H2,1-3H3. The van der Waals surface area contributed by atoms with E-state index in [1.54, 1.807) is 0 Å².